The highest BCUT2D eigenvalue weighted by Gasteiger charge is 2.37. The lowest BCUT2D eigenvalue weighted by Crippen LogP contribution is -2.43. The van der Waals surface area contributed by atoms with Crippen molar-refractivity contribution in [2.75, 3.05) is 13.7 Å². The molecule has 3 atom stereocenters. The Morgan fingerprint density at radius 2 is 1.95 bits per heavy atom. The molecule has 0 bridgehead atoms. The van der Waals surface area contributed by atoms with Gasteiger partial charge in [-0.2, -0.15) is 0 Å². The third-order valence-corrected chi connectivity index (χ3v) is 6.65. The number of para-hydroxylation sites is 1. The number of rotatable bonds is 3. The zero-order chi connectivity index (χ0) is 13.9. The van der Waals surface area contributed by atoms with Crippen LogP contribution in [0.15, 0.2) is 24.3 Å². The largest absolute Gasteiger partial charge is 0.492 e. The fourth-order valence-corrected chi connectivity index (χ4v) is 5.47. The van der Waals surface area contributed by atoms with E-state index < -0.39 is 10.8 Å². The summed E-state index contributed by atoms with van der Waals surface area (Å²) in [5.74, 6) is 0.934. The Hall–Kier alpha value is -0.870. The van der Waals surface area contributed by atoms with Gasteiger partial charge in [-0.3, -0.25) is 4.21 Å². The molecule has 1 saturated carbocycles. The van der Waals surface area contributed by atoms with E-state index in [9.17, 15) is 4.21 Å². The van der Waals surface area contributed by atoms with Gasteiger partial charge in [-0.25, -0.2) is 0 Å². The van der Waals surface area contributed by atoms with Crippen LogP contribution in [0.25, 0.3) is 0 Å². The molecule has 1 fully saturated rings. The van der Waals surface area contributed by atoms with E-state index in [1.54, 1.807) is 0 Å². The number of fused-ring (bicyclic) bond motifs is 1. The second-order valence-electron chi connectivity index (χ2n) is 5.74. The number of hydrogen-bond donors (Lipinski definition) is 1. The maximum Gasteiger partial charge on any atom is 0.124 e. The number of nitrogens with one attached hydrogen (secondary N) is 1. The lowest BCUT2D eigenvalue weighted by Gasteiger charge is -2.35. The zero-order valence-electron chi connectivity index (χ0n) is 12.0. The van der Waals surface area contributed by atoms with Gasteiger partial charge in [0.15, 0.2) is 0 Å². The molecule has 20 heavy (non-hydrogen) atoms. The van der Waals surface area contributed by atoms with Crippen LogP contribution in [-0.2, 0) is 10.8 Å². The van der Waals surface area contributed by atoms with Crippen LogP contribution in [0.3, 0.4) is 0 Å². The molecule has 110 valence electrons. The van der Waals surface area contributed by atoms with Crippen molar-refractivity contribution < 1.29 is 8.95 Å². The van der Waals surface area contributed by atoms with Gasteiger partial charge < -0.3 is 10.1 Å². The van der Waals surface area contributed by atoms with Crippen molar-refractivity contribution in [1.29, 1.82) is 0 Å². The molecule has 3 nitrogen and oxygen atoms in total. The maximum absolute atomic E-state index is 12.9. The molecule has 0 aromatic heterocycles. The minimum absolute atomic E-state index is 0.0676. The van der Waals surface area contributed by atoms with Crippen LogP contribution >= 0.6 is 0 Å². The van der Waals surface area contributed by atoms with Gasteiger partial charge in [0.1, 0.15) is 12.4 Å². The zero-order valence-corrected chi connectivity index (χ0v) is 12.8. The van der Waals surface area contributed by atoms with Crippen molar-refractivity contribution >= 4 is 10.8 Å². The smallest absolute Gasteiger partial charge is 0.124 e. The first-order valence-corrected chi connectivity index (χ1v) is 8.87. The molecule has 1 heterocycles. The first-order chi connectivity index (χ1) is 9.81. The van der Waals surface area contributed by atoms with Crippen molar-refractivity contribution in [2.24, 2.45) is 0 Å². The Bertz CT molecular complexity index is 485. The number of hydrogen-bond acceptors (Lipinski definition) is 3. The summed E-state index contributed by atoms with van der Waals surface area (Å²) in [7, 11) is 1.14. The average Bonchev–Trinajstić information content (AvgIpc) is 2.54. The molecule has 1 aliphatic carbocycles. The van der Waals surface area contributed by atoms with E-state index in [-0.39, 0.29) is 11.3 Å². The van der Waals surface area contributed by atoms with Crippen LogP contribution in [-0.4, -0.2) is 28.4 Å². The van der Waals surface area contributed by atoms with E-state index in [1.165, 1.54) is 19.3 Å². The summed E-state index contributed by atoms with van der Waals surface area (Å²) in [5, 5.41) is 3.78. The predicted molar refractivity (Wildman–Crippen MR) is 82.5 cm³/mol. The Morgan fingerprint density at radius 3 is 2.70 bits per heavy atom. The average molecular weight is 293 g/mol. The van der Waals surface area contributed by atoms with Crippen LogP contribution in [0.1, 0.15) is 43.7 Å². The molecule has 3 unspecified atom stereocenters. The minimum Gasteiger partial charge on any atom is -0.492 e. The minimum atomic E-state index is -0.818. The number of ether oxygens (including phenoxy) is 1. The first kappa shape index (κ1) is 14.1. The quantitative estimate of drug-likeness (QED) is 0.931. The summed E-state index contributed by atoms with van der Waals surface area (Å²) >= 11 is 0. The monoisotopic (exact) mass is 293 g/mol. The third kappa shape index (κ3) is 2.63. The summed E-state index contributed by atoms with van der Waals surface area (Å²) in [6.07, 6.45) is 5.98. The summed E-state index contributed by atoms with van der Waals surface area (Å²) in [6, 6.07) is 8.24. The van der Waals surface area contributed by atoms with Crippen molar-refractivity contribution in [3.63, 3.8) is 0 Å². The van der Waals surface area contributed by atoms with E-state index in [4.69, 9.17) is 4.74 Å². The Kier molecular flexibility index (Phi) is 4.41. The molecule has 1 aromatic carbocycles. The predicted octanol–water partition coefficient (Wildman–Crippen LogP) is 2.79. The summed E-state index contributed by atoms with van der Waals surface area (Å²) in [6.45, 7) is 0.561. The van der Waals surface area contributed by atoms with Crippen LogP contribution in [0, 0.1) is 0 Å². The molecule has 4 heteroatoms. The van der Waals surface area contributed by atoms with Crippen molar-refractivity contribution in [3.8, 4) is 5.75 Å². The summed E-state index contributed by atoms with van der Waals surface area (Å²) < 4.78 is 18.8. The lowest BCUT2D eigenvalue weighted by atomic mass is 10.00. The van der Waals surface area contributed by atoms with Gasteiger partial charge in [0.2, 0.25) is 0 Å². The number of benzene rings is 1. The van der Waals surface area contributed by atoms with Gasteiger partial charge >= 0.3 is 0 Å². The molecular weight excluding hydrogens is 270 g/mol. The second kappa shape index (κ2) is 6.27. The fraction of sp³-hybridized carbons (Fsp3) is 0.625. The Morgan fingerprint density at radius 1 is 1.20 bits per heavy atom. The molecule has 0 spiro atoms. The Balaban J connectivity index is 1.81. The molecule has 1 aliphatic heterocycles. The van der Waals surface area contributed by atoms with Crippen LogP contribution in [0.5, 0.6) is 5.75 Å². The third-order valence-electron chi connectivity index (χ3n) is 4.52. The SMILES string of the molecule is CNC1c2ccccc2OCC1S(=O)C1CCCCC1. The van der Waals surface area contributed by atoms with Gasteiger partial charge in [-0.1, -0.05) is 37.5 Å². The maximum atomic E-state index is 12.9. The molecule has 1 N–H and O–H groups in total. The second-order valence-corrected chi connectivity index (χ2v) is 7.67. The highest BCUT2D eigenvalue weighted by atomic mass is 32.2. The highest BCUT2D eigenvalue weighted by Crippen LogP contribution is 2.36. The molecule has 0 saturated heterocycles. The normalized spacial score (nSPS) is 28.4. The van der Waals surface area contributed by atoms with Crippen molar-refractivity contribution in [2.45, 2.75) is 48.6 Å². The van der Waals surface area contributed by atoms with E-state index in [2.05, 4.69) is 11.4 Å². The first-order valence-electron chi connectivity index (χ1n) is 7.59. The molecule has 0 radical (unpaired) electrons. The molecule has 1 aromatic rings. The van der Waals surface area contributed by atoms with Crippen molar-refractivity contribution in [1.82, 2.24) is 5.32 Å². The highest BCUT2D eigenvalue weighted by molar-refractivity contribution is 7.86. The lowest BCUT2D eigenvalue weighted by molar-refractivity contribution is 0.261. The van der Waals surface area contributed by atoms with Gasteiger partial charge in [0.05, 0.1) is 11.3 Å². The summed E-state index contributed by atoms with van der Waals surface area (Å²) in [5.41, 5.74) is 1.15. The van der Waals surface area contributed by atoms with Crippen LogP contribution in [0.2, 0.25) is 0 Å². The van der Waals surface area contributed by atoms with Crippen LogP contribution < -0.4 is 10.1 Å². The van der Waals surface area contributed by atoms with Gasteiger partial charge in [-0.15, -0.1) is 0 Å². The van der Waals surface area contributed by atoms with Gasteiger partial charge in [0.25, 0.3) is 0 Å². The standard InChI is InChI=1S/C16H23NO2S/c1-17-16-13-9-5-6-10-14(13)19-11-15(16)20(18)12-7-3-2-4-8-12/h5-6,9-10,12,15-17H,2-4,7-8,11H2,1H3. The Labute approximate surface area is 123 Å². The van der Waals surface area contributed by atoms with Gasteiger partial charge in [0, 0.05) is 21.6 Å². The van der Waals surface area contributed by atoms with Crippen molar-refractivity contribution in [3.05, 3.63) is 29.8 Å². The molecule has 0 amide bonds. The van der Waals surface area contributed by atoms with E-state index in [1.807, 2.05) is 25.2 Å². The molecular formula is C16H23NO2S. The van der Waals surface area contributed by atoms with E-state index >= 15 is 0 Å². The van der Waals surface area contributed by atoms with Crippen LogP contribution in [0.4, 0.5) is 0 Å². The van der Waals surface area contributed by atoms with E-state index in [0.29, 0.717) is 11.9 Å². The fourth-order valence-electron chi connectivity index (χ4n) is 3.42. The molecule has 3 rings (SSSR count). The summed E-state index contributed by atoms with van der Waals surface area (Å²) in [4.78, 5) is 0. The topological polar surface area (TPSA) is 38.3 Å². The molecule has 2 aliphatic rings. The van der Waals surface area contributed by atoms with Gasteiger partial charge in [-0.05, 0) is 26.0 Å². The van der Waals surface area contributed by atoms with E-state index in [0.717, 1.165) is 24.2 Å².